The van der Waals surface area contributed by atoms with E-state index in [9.17, 15) is 4.79 Å². The summed E-state index contributed by atoms with van der Waals surface area (Å²) in [4.78, 5) is 16.7. The first-order valence-corrected chi connectivity index (χ1v) is 7.49. The van der Waals surface area contributed by atoms with Gasteiger partial charge in [-0.05, 0) is 24.6 Å². The lowest BCUT2D eigenvalue weighted by atomic mass is 10.2. The number of nitrogens with zero attached hydrogens (tertiary/aromatic N) is 2. The molecule has 0 saturated heterocycles. The lowest BCUT2D eigenvalue weighted by molar-refractivity contribution is -0.120. The van der Waals surface area contributed by atoms with Crippen LogP contribution in [0.25, 0.3) is 5.65 Å². The summed E-state index contributed by atoms with van der Waals surface area (Å²) in [6.45, 7) is 2.45. The number of methoxy groups -OCH3 is 1. The Labute approximate surface area is 134 Å². The summed E-state index contributed by atoms with van der Waals surface area (Å²) in [6.07, 6.45) is 4.09. The van der Waals surface area contributed by atoms with Gasteiger partial charge in [0.15, 0.2) is 0 Å². The zero-order chi connectivity index (χ0) is 16.2. The van der Waals surface area contributed by atoms with Crippen LogP contribution in [0.5, 0.6) is 5.75 Å². The maximum atomic E-state index is 12.1. The van der Waals surface area contributed by atoms with E-state index in [1.807, 2.05) is 60.1 Å². The number of hydrogen-bond donors (Lipinski definition) is 1. The third-order valence-corrected chi connectivity index (χ3v) is 3.74. The summed E-state index contributed by atoms with van der Waals surface area (Å²) in [7, 11) is 1.62. The maximum Gasteiger partial charge on any atom is 0.226 e. The van der Waals surface area contributed by atoms with Gasteiger partial charge in [-0.1, -0.05) is 24.3 Å². The van der Waals surface area contributed by atoms with Crippen molar-refractivity contribution < 1.29 is 9.53 Å². The van der Waals surface area contributed by atoms with Crippen molar-refractivity contribution in [2.75, 3.05) is 7.11 Å². The van der Waals surface area contributed by atoms with Crippen LogP contribution in [0.3, 0.4) is 0 Å². The molecule has 0 bridgehead atoms. The molecule has 1 aromatic carbocycles. The van der Waals surface area contributed by atoms with Crippen LogP contribution in [0.15, 0.2) is 48.8 Å². The molecule has 0 unspecified atom stereocenters. The topological polar surface area (TPSA) is 55.6 Å². The van der Waals surface area contributed by atoms with Gasteiger partial charge in [-0.2, -0.15) is 0 Å². The molecular weight excluding hydrogens is 290 g/mol. The average Bonchev–Trinajstić information content (AvgIpc) is 2.97. The highest BCUT2D eigenvalue weighted by molar-refractivity contribution is 5.78. The van der Waals surface area contributed by atoms with E-state index >= 15 is 0 Å². The molecule has 118 valence electrons. The molecule has 0 atom stereocenters. The normalized spacial score (nSPS) is 10.7. The number of nitrogens with one attached hydrogen (secondary N) is 1. The third-order valence-electron chi connectivity index (χ3n) is 3.74. The number of carbonyl (C=O) groups excluding carboxylic acids is 1. The number of para-hydroxylation sites is 1. The Bertz CT molecular complexity index is 839. The fourth-order valence-corrected chi connectivity index (χ4v) is 2.56. The van der Waals surface area contributed by atoms with E-state index in [1.54, 1.807) is 7.11 Å². The molecule has 0 radical (unpaired) electrons. The maximum absolute atomic E-state index is 12.1. The van der Waals surface area contributed by atoms with Gasteiger partial charge < -0.3 is 14.5 Å². The van der Waals surface area contributed by atoms with Crippen LogP contribution in [-0.2, 0) is 17.8 Å². The predicted octanol–water partition coefficient (Wildman–Crippen LogP) is 2.51. The van der Waals surface area contributed by atoms with E-state index in [2.05, 4.69) is 10.3 Å². The molecular formula is C18H19N3O2. The van der Waals surface area contributed by atoms with E-state index in [4.69, 9.17) is 4.74 Å². The minimum atomic E-state index is -0.0584. The lowest BCUT2D eigenvalue weighted by Crippen LogP contribution is -2.24. The Kier molecular flexibility index (Phi) is 4.28. The highest BCUT2D eigenvalue weighted by Crippen LogP contribution is 2.16. The quantitative estimate of drug-likeness (QED) is 0.788. The number of rotatable bonds is 5. The molecule has 5 heteroatoms. The smallest absolute Gasteiger partial charge is 0.226 e. The number of fused-ring (bicyclic) bond motifs is 1. The Balaban J connectivity index is 1.65. The van der Waals surface area contributed by atoms with Crippen molar-refractivity contribution >= 4 is 11.6 Å². The van der Waals surface area contributed by atoms with Crippen molar-refractivity contribution in [2.24, 2.45) is 0 Å². The zero-order valence-corrected chi connectivity index (χ0v) is 13.2. The fraction of sp³-hybridized carbons (Fsp3) is 0.222. The van der Waals surface area contributed by atoms with E-state index in [-0.39, 0.29) is 12.3 Å². The van der Waals surface area contributed by atoms with Gasteiger partial charge in [0.25, 0.3) is 0 Å². The molecule has 0 aliphatic rings. The van der Waals surface area contributed by atoms with E-state index < -0.39 is 0 Å². The second kappa shape index (κ2) is 6.52. The molecule has 0 aliphatic heterocycles. The third kappa shape index (κ3) is 3.34. The van der Waals surface area contributed by atoms with Crippen molar-refractivity contribution in [2.45, 2.75) is 19.9 Å². The summed E-state index contributed by atoms with van der Waals surface area (Å²) in [5.74, 6) is 0.716. The highest BCUT2D eigenvalue weighted by Gasteiger charge is 2.09. The summed E-state index contributed by atoms with van der Waals surface area (Å²) < 4.78 is 7.22. The molecule has 0 spiro atoms. The van der Waals surface area contributed by atoms with Crippen LogP contribution in [0, 0.1) is 6.92 Å². The number of amides is 1. The summed E-state index contributed by atoms with van der Waals surface area (Å²) in [5, 5.41) is 2.91. The van der Waals surface area contributed by atoms with E-state index in [0.29, 0.717) is 6.54 Å². The van der Waals surface area contributed by atoms with Crippen LogP contribution in [-0.4, -0.2) is 22.4 Å². The SMILES string of the molecule is COc1ccccc1CNC(=O)Cc1cn2cccc(C)c2n1. The lowest BCUT2D eigenvalue weighted by Gasteiger charge is -2.08. The largest absolute Gasteiger partial charge is 0.496 e. The Morgan fingerprint density at radius 3 is 2.87 bits per heavy atom. The van der Waals surface area contributed by atoms with Gasteiger partial charge in [-0.25, -0.2) is 4.98 Å². The van der Waals surface area contributed by atoms with Crippen LogP contribution >= 0.6 is 0 Å². The second-order valence-corrected chi connectivity index (χ2v) is 5.42. The first-order chi connectivity index (χ1) is 11.2. The standard InChI is InChI=1S/C18H19N3O2/c1-13-6-5-9-21-12-15(20-18(13)21)10-17(22)19-11-14-7-3-4-8-16(14)23-2/h3-9,12H,10-11H2,1-2H3,(H,19,22). The van der Waals surface area contributed by atoms with E-state index in [0.717, 1.165) is 28.2 Å². The van der Waals surface area contributed by atoms with Crippen molar-refractivity contribution in [1.82, 2.24) is 14.7 Å². The molecule has 2 aromatic heterocycles. The summed E-state index contributed by atoms with van der Waals surface area (Å²) in [5.41, 5.74) is 3.69. The van der Waals surface area contributed by atoms with Gasteiger partial charge in [0.1, 0.15) is 11.4 Å². The Morgan fingerprint density at radius 2 is 2.09 bits per heavy atom. The molecule has 2 heterocycles. The van der Waals surface area contributed by atoms with Crippen molar-refractivity contribution in [3.63, 3.8) is 0 Å². The monoisotopic (exact) mass is 309 g/mol. The molecule has 0 aliphatic carbocycles. The first-order valence-electron chi connectivity index (χ1n) is 7.49. The van der Waals surface area contributed by atoms with Crippen molar-refractivity contribution in [1.29, 1.82) is 0 Å². The fourth-order valence-electron chi connectivity index (χ4n) is 2.56. The average molecular weight is 309 g/mol. The molecule has 1 N–H and O–H groups in total. The number of aromatic nitrogens is 2. The molecule has 1 amide bonds. The van der Waals surface area contributed by atoms with Gasteiger partial charge in [-0.3, -0.25) is 4.79 Å². The number of hydrogen-bond acceptors (Lipinski definition) is 3. The molecule has 3 rings (SSSR count). The minimum Gasteiger partial charge on any atom is -0.496 e. The molecule has 3 aromatic rings. The highest BCUT2D eigenvalue weighted by atomic mass is 16.5. The molecule has 23 heavy (non-hydrogen) atoms. The van der Waals surface area contributed by atoms with E-state index in [1.165, 1.54) is 0 Å². The van der Waals surface area contributed by atoms with Crippen LogP contribution in [0.1, 0.15) is 16.8 Å². The number of aryl methyl sites for hydroxylation is 1. The second-order valence-electron chi connectivity index (χ2n) is 5.42. The number of carbonyl (C=O) groups is 1. The van der Waals surface area contributed by atoms with Crippen LogP contribution in [0.2, 0.25) is 0 Å². The first kappa shape index (κ1) is 15.1. The van der Waals surface area contributed by atoms with Crippen molar-refractivity contribution in [3.05, 3.63) is 65.6 Å². The van der Waals surface area contributed by atoms with Crippen LogP contribution in [0.4, 0.5) is 0 Å². The number of ether oxygens (including phenoxy) is 1. The van der Waals surface area contributed by atoms with Gasteiger partial charge in [0.2, 0.25) is 5.91 Å². The number of benzene rings is 1. The van der Waals surface area contributed by atoms with Gasteiger partial charge in [0.05, 0.1) is 19.2 Å². The Hall–Kier alpha value is -2.82. The number of pyridine rings is 1. The van der Waals surface area contributed by atoms with Gasteiger partial charge in [0, 0.05) is 24.5 Å². The van der Waals surface area contributed by atoms with Crippen molar-refractivity contribution in [3.8, 4) is 5.75 Å². The minimum absolute atomic E-state index is 0.0584. The predicted molar refractivity (Wildman–Crippen MR) is 88.5 cm³/mol. The van der Waals surface area contributed by atoms with Gasteiger partial charge >= 0.3 is 0 Å². The summed E-state index contributed by atoms with van der Waals surface area (Å²) >= 11 is 0. The summed E-state index contributed by atoms with van der Waals surface area (Å²) in [6, 6.07) is 11.6. The Morgan fingerprint density at radius 1 is 1.26 bits per heavy atom. The molecule has 5 nitrogen and oxygen atoms in total. The number of imidazole rings is 1. The zero-order valence-electron chi connectivity index (χ0n) is 13.2. The molecule has 0 saturated carbocycles. The van der Waals surface area contributed by atoms with Crippen LogP contribution < -0.4 is 10.1 Å². The van der Waals surface area contributed by atoms with Gasteiger partial charge in [-0.15, -0.1) is 0 Å². The molecule has 0 fully saturated rings.